The molecule has 0 aliphatic rings. The van der Waals surface area contributed by atoms with Crippen LogP contribution in [0, 0.1) is 10.1 Å². The lowest BCUT2D eigenvalue weighted by atomic mass is 10.2. The van der Waals surface area contributed by atoms with E-state index in [0.29, 0.717) is 5.56 Å². The fourth-order valence-electron chi connectivity index (χ4n) is 0.937. The van der Waals surface area contributed by atoms with Crippen LogP contribution in [0.15, 0.2) is 23.3 Å². The summed E-state index contributed by atoms with van der Waals surface area (Å²) < 4.78 is 0. The maximum atomic E-state index is 10.5. The van der Waals surface area contributed by atoms with E-state index >= 15 is 0 Å². The molecule has 2 amide bonds. The largest absolute Gasteiger partial charge is 0.502 e. The number of urea groups is 1. The summed E-state index contributed by atoms with van der Waals surface area (Å²) in [4.78, 5) is 20.0. The number of nitro groups is 1. The van der Waals surface area contributed by atoms with Crippen LogP contribution in [-0.2, 0) is 0 Å². The molecular formula is C8H8N4O4. The molecule has 0 fully saturated rings. The zero-order valence-corrected chi connectivity index (χ0v) is 7.95. The number of rotatable bonds is 3. The Hall–Kier alpha value is -2.64. The maximum absolute atomic E-state index is 10.5. The van der Waals surface area contributed by atoms with Crippen LogP contribution in [0.2, 0.25) is 0 Å². The Morgan fingerprint density at radius 2 is 2.31 bits per heavy atom. The molecule has 0 heterocycles. The van der Waals surface area contributed by atoms with Gasteiger partial charge in [-0.25, -0.2) is 10.2 Å². The Kier molecular flexibility index (Phi) is 3.38. The lowest BCUT2D eigenvalue weighted by Crippen LogP contribution is -2.24. The monoisotopic (exact) mass is 224 g/mol. The summed E-state index contributed by atoms with van der Waals surface area (Å²) in [6, 6.07) is 2.82. The zero-order chi connectivity index (χ0) is 12.1. The Morgan fingerprint density at radius 3 is 2.88 bits per heavy atom. The molecule has 0 aliphatic heterocycles. The van der Waals surface area contributed by atoms with E-state index in [9.17, 15) is 14.9 Å². The van der Waals surface area contributed by atoms with E-state index < -0.39 is 22.4 Å². The number of amides is 2. The van der Waals surface area contributed by atoms with Gasteiger partial charge in [-0.1, -0.05) is 0 Å². The topological polar surface area (TPSA) is 131 Å². The summed E-state index contributed by atoms with van der Waals surface area (Å²) in [7, 11) is 0. The second kappa shape index (κ2) is 4.73. The summed E-state index contributed by atoms with van der Waals surface area (Å²) in [6.07, 6.45) is 1.16. The van der Waals surface area contributed by atoms with Crippen molar-refractivity contribution in [1.82, 2.24) is 5.43 Å². The van der Waals surface area contributed by atoms with Crippen LogP contribution in [0.1, 0.15) is 5.56 Å². The third kappa shape index (κ3) is 2.94. The summed E-state index contributed by atoms with van der Waals surface area (Å²) in [5.41, 5.74) is 6.58. The lowest BCUT2D eigenvalue weighted by molar-refractivity contribution is -0.385. The highest BCUT2D eigenvalue weighted by atomic mass is 16.6. The minimum Gasteiger partial charge on any atom is -0.502 e. The number of nitrogens with two attached hydrogens (primary N) is 1. The van der Waals surface area contributed by atoms with Crippen LogP contribution in [0.4, 0.5) is 10.5 Å². The summed E-state index contributed by atoms with van der Waals surface area (Å²) in [5, 5.41) is 23.0. The van der Waals surface area contributed by atoms with Gasteiger partial charge in [0.2, 0.25) is 0 Å². The highest BCUT2D eigenvalue weighted by Gasteiger charge is 2.12. The number of hydrogen-bond acceptors (Lipinski definition) is 5. The first-order valence-electron chi connectivity index (χ1n) is 4.06. The standard InChI is InChI=1S/C8H8N4O4/c9-8(14)11-10-4-5-1-2-7(13)6(3-5)12(15)16/h1-4,13H,(H3,9,11,14)/b10-4+. The predicted octanol–water partition coefficient (Wildman–Crippen LogP) is 0.303. The Balaban J connectivity index is 2.91. The number of aromatic hydroxyl groups is 1. The molecule has 1 aromatic carbocycles. The van der Waals surface area contributed by atoms with Crippen LogP contribution in [-0.4, -0.2) is 22.3 Å². The van der Waals surface area contributed by atoms with Gasteiger partial charge in [-0.05, 0) is 12.1 Å². The molecule has 16 heavy (non-hydrogen) atoms. The van der Waals surface area contributed by atoms with Gasteiger partial charge >= 0.3 is 11.7 Å². The van der Waals surface area contributed by atoms with E-state index in [1.165, 1.54) is 6.07 Å². The number of carbonyl (C=O) groups is 1. The first kappa shape index (κ1) is 11.4. The van der Waals surface area contributed by atoms with Crippen molar-refractivity contribution in [2.24, 2.45) is 10.8 Å². The molecule has 1 rings (SSSR count). The molecule has 1 aromatic rings. The minimum absolute atomic E-state index is 0.346. The average molecular weight is 224 g/mol. The van der Waals surface area contributed by atoms with Crippen molar-refractivity contribution in [3.05, 3.63) is 33.9 Å². The number of carbonyl (C=O) groups excluding carboxylic acids is 1. The first-order valence-corrected chi connectivity index (χ1v) is 4.06. The number of nitro benzene ring substituents is 1. The van der Waals surface area contributed by atoms with Crippen LogP contribution >= 0.6 is 0 Å². The van der Waals surface area contributed by atoms with E-state index in [2.05, 4.69) is 5.10 Å². The summed E-state index contributed by atoms with van der Waals surface area (Å²) in [5.74, 6) is -0.440. The number of nitrogens with zero attached hydrogens (tertiary/aromatic N) is 2. The molecule has 0 saturated carbocycles. The molecule has 0 aliphatic carbocycles. The number of hydrazone groups is 1. The Bertz CT molecular complexity index is 457. The first-order chi connectivity index (χ1) is 7.50. The number of phenolic OH excluding ortho intramolecular Hbond substituents is 1. The van der Waals surface area contributed by atoms with Crippen molar-refractivity contribution in [3.63, 3.8) is 0 Å². The third-order valence-corrected chi connectivity index (χ3v) is 1.58. The molecule has 0 spiro atoms. The van der Waals surface area contributed by atoms with Crippen molar-refractivity contribution in [1.29, 1.82) is 0 Å². The van der Waals surface area contributed by atoms with E-state index in [-0.39, 0.29) is 0 Å². The molecule has 0 unspecified atom stereocenters. The van der Waals surface area contributed by atoms with Crippen LogP contribution in [0.5, 0.6) is 5.75 Å². The van der Waals surface area contributed by atoms with Crippen LogP contribution in [0.25, 0.3) is 0 Å². The average Bonchev–Trinajstić information content (AvgIpc) is 2.19. The third-order valence-electron chi connectivity index (χ3n) is 1.58. The minimum atomic E-state index is -0.843. The van der Waals surface area contributed by atoms with Gasteiger partial charge in [-0.15, -0.1) is 0 Å². The van der Waals surface area contributed by atoms with E-state index in [1.54, 1.807) is 0 Å². The molecule has 0 aromatic heterocycles. The molecule has 0 radical (unpaired) electrons. The number of benzene rings is 1. The number of phenols is 1. The SMILES string of the molecule is NC(=O)N/N=C/c1ccc(O)c([N+](=O)[O-])c1. The van der Waals surface area contributed by atoms with Crippen molar-refractivity contribution < 1.29 is 14.8 Å². The molecule has 0 bridgehead atoms. The molecule has 4 N–H and O–H groups in total. The zero-order valence-electron chi connectivity index (χ0n) is 7.95. The molecule has 84 valence electrons. The van der Waals surface area contributed by atoms with Gasteiger partial charge < -0.3 is 10.8 Å². The Morgan fingerprint density at radius 1 is 1.62 bits per heavy atom. The molecule has 0 atom stereocenters. The normalized spacial score (nSPS) is 10.2. The van der Waals surface area contributed by atoms with Crippen molar-refractivity contribution in [3.8, 4) is 5.75 Å². The second-order valence-corrected chi connectivity index (χ2v) is 2.74. The van der Waals surface area contributed by atoms with Crippen LogP contribution < -0.4 is 11.2 Å². The van der Waals surface area contributed by atoms with Gasteiger partial charge in [-0.2, -0.15) is 5.10 Å². The van der Waals surface area contributed by atoms with Crippen molar-refractivity contribution in [2.45, 2.75) is 0 Å². The fraction of sp³-hybridized carbons (Fsp3) is 0. The van der Waals surface area contributed by atoms with Gasteiger partial charge in [-0.3, -0.25) is 10.1 Å². The molecule has 8 nitrogen and oxygen atoms in total. The smallest absolute Gasteiger partial charge is 0.332 e. The van der Waals surface area contributed by atoms with E-state index in [0.717, 1.165) is 18.3 Å². The van der Waals surface area contributed by atoms with Gasteiger partial charge in [0.15, 0.2) is 5.75 Å². The highest BCUT2D eigenvalue weighted by Crippen LogP contribution is 2.25. The molecule has 0 saturated heterocycles. The van der Waals surface area contributed by atoms with Crippen LogP contribution in [0.3, 0.4) is 0 Å². The van der Waals surface area contributed by atoms with E-state index in [4.69, 9.17) is 10.8 Å². The highest BCUT2D eigenvalue weighted by molar-refractivity contribution is 5.82. The predicted molar refractivity (Wildman–Crippen MR) is 55.1 cm³/mol. The van der Waals surface area contributed by atoms with Gasteiger partial charge in [0.25, 0.3) is 0 Å². The van der Waals surface area contributed by atoms with Crippen molar-refractivity contribution in [2.75, 3.05) is 0 Å². The summed E-state index contributed by atoms with van der Waals surface area (Å²) >= 11 is 0. The lowest BCUT2D eigenvalue weighted by Gasteiger charge is -1.97. The molecular weight excluding hydrogens is 216 g/mol. The quantitative estimate of drug-likeness (QED) is 0.387. The number of hydrogen-bond donors (Lipinski definition) is 3. The second-order valence-electron chi connectivity index (χ2n) is 2.74. The van der Waals surface area contributed by atoms with Gasteiger partial charge in [0, 0.05) is 11.6 Å². The number of primary amides is 1. The van der Waals surface area contributed by atoms with E-state index in [1.807, 2.05) is 5.43 Å². The van der Waals surface area contributed by atoms with Crippen molar-refractivity contribution >= 4 is 17.9 Å². The van der Waals surface area contributed by atoms with Gasteiger partial charge in [0.05, 0.1) is 11.1 Å². The Labute approximate surface area is 89.5 Å². The number of nitrogens with one attached hydrogen (secondary N) is 1. The fourth-order valence-corrected chi connectivity index (χ4v) is 0.937. The maximum Gasteiger partial charge on any atom is 0.332 e. The summed E-state index contributed by atoms with van der Waals surface area (Å²) in [6.45, 7) is 0. The van der Waals surface area contributed by atoms with Gasteiger partial charge in [0.1, 0.15) is 0 Å². The molecule has 8 heteroatoms.